The van der Waals surface area contributed by atoms with Crippen molar-refractivity contribution in [1.29, 1.82) is 0 Å². The first-order valence-corrected chi connectivity index (χ1v) is 23.4. The van der Waals surface area contributed by atoms with E-state index in [4.69, 9.17) is 0 Å². The summed E-state index contributed by atoms with van der Waals surface area (Å²) < 4.78 is 1.51. The summed E-state index contributed by atoms with van der Waals surface area (Å²) in [7, 11) is 0. The van der Waals surface area contributed by atoms with Gasteiger partial charge in [-0.3, -0.25) is 0 Å². The van der Waals surface area contributed by atoms with E-state index >= 15 is 0 Å². The van der Waals surface area contributed by atoms with E-state index in [2.05, 4.69) is 99.9 Å². The van der Waals surface area contributed by atoms with Crippen LogP contribution in [0.5, 0.6) is 0 Å². The van der Waals surface area contributed by atoms with Crippen LogP contribution in [0.25, 0.3) is 16.9 Å². The van der Waals surface area contributed by atoms with Crippen molar-refractivity contribution in [1.82, 2.24) is 0 Å². The van der Waals surface area contributed by atoms with E-state index in [1.807, 2.05) is 0 Å². The molecule has 0 atom stereocenters. The summed E-state index contributed by atoms with van der Waals surface area (Å²) >= 11 is 1.62. The second kappa shape index (κ2) is 30.0. The van der Waals surface area contributed by atoms with Crippen LogP contribution in [0.3, 0.4) is 0 Å². The molecule has 0 unspecified atom stereocenters. The van der Waals surface area contributed by atoms with Crippen LogP contribution in [0.15, 0.2) is 59.7 Å². The van der Waals surface area contributed by atoms with Gasteiger partial charge in [0.05, 0.1) is 0 Å². The maximum atomic E-state index is 12.1. The first-order chi connectivity index (χ1) is 25.6. The van der Waals surface area contributed by atoms with Crippen molar-refractivity contribution in [2.45, 2.75) is 200 Å². The molecule has 2 nitrogen and oxygen atoms in total. The molecule has 2 aromatic rings. The molecule has 1 aliphatic heterocycles. The van der Waals surface area contributed by atoms with Gasteiger partial charge in [0.25, 0.3) is 0 Å². The molecular formula is C49H76N2Ni. The van der Waals surface area contributed by atoms with Crippen molar-refractivity contribution in [3.63, 3.8) is 0 Å². The number of rotatable bonds is 26. The van der Waals surface area contributed by atoms with Crippen molar-refractivity contribution in [3.05, 3.63) is 87.5 Å². The summed E-state index contributed by atoms with van der Waals surface area (Å²) in [6, 6.07) is 17.8. The van der Waals surface area contributed by atoms with Gasteiger partial charge in [-0.1, -0.05) is 173 Å². The van der Waals surface area contributed by atoms with Crippen LogP contribution in [0.4, 0.5) is 0 Å². The number of benzene rings is 2. The minimum atomic E-state index is 0.872. The fraction of sp³-hybridized carbons (Fsp3) is 0.633. The molecule has 0 amide bonds. The molecule has 292 valence electrons. The van der Waals surface area contributed by atoms with E-state index in [0.717, 1.165) is 66.6 Å². The van der Waals surface area contributed by atoms with Gasteiger partial charge in [-0.05, 0) is 80.3 Å². The van der Waals surface area contributed by atoms with E-state index in [1.54, 1.807) is 14.4 Å². The number of allylic oxidation sites excluding steroid dienone is 2. The van der Waals surface area contributed by atoms with Crippen molar-refractivity contribution >= 4 is 11.4 Å². The van der Waals surface area contributed by atoms with Gasteiger partial charge in [-0.15, -0.1) is 0 Å². The Morgan fingerprint density at radius 2 is 0.942 bits per heavy atom. The Morgan fingerprint density at radius 1 is 0.519 bits per heavy atom. The second-order valence-electron chi connectivity index (χ2n) is 14.9. The van der Waals surface area contributed by atoms with Gasteiger partial charge in [-0.2, -0.15) is 0 Å². The fourth-order valence-electron chi connectivity index (χ4n) is 7.19. The molecule has 1 heterocycles. The normalized spacial score (nSPS) is 12.7. The summed E-state index contributed by atoms with van der Waals surface area (Å²) in [5.41, 5.74) is 21.1. The third-order valence-corrected chi connectivity index (χ3v) is 10.2. The van der Waals surface area contributed by atoms with Gasteiger partial charge in [0.2, 0.25) is 11.4 Å². The van der Waals surface area contributed by atoms with Crippen LogP contribution in [-0.2, 0) is 27.3 Å². The number of unbranched alkanes of at least 4 members (excludes halogenated alkanes) is 18. The number of aryl methyl sites for hydroxylation is 2. The summed E-state index contributed by atoms with van der Waals surface area (Å²) in [4.78, 5) is 0. The Hall–Kier alpha value is -2.43. The van der Waals surface area contributed by atoms with Crippen LogP contribution in [0.1, 0.15) is 198 Å². The van der Waals surface area contributed by atoms with Crippen LogP contribution in [-0.4, -0.2) is 4.70 Å². The Morgan fingerprint density at radius 3 is 1.48 bits per heavy atom. The number of hydrogen-bond acceptors (Lipinski definition) is 0. The number of hydrogen-bond donors (Lipinski definition) is 0. The summed E-state index contributed by atoms with van der Waals surface area (Å²) in [5.74, 6) is 11.4. The van der Waals surface area contributed by atoms with Crippen LogP contribution in [0, 0.1) is 11.8 Å². The zero-order chi connectivity index (χ0) is 37.7. The van der Waals surface area contributed by atoms with Gasteiger partial charge >= 0.3 is 26.2 Å². The first-order valence-electron chi connectivity index (χ1n) is 21.4. The molecule has 0 spiro atoms. The van der Waals surface area contributed by atoms with E-state index in [0.29, 0.717) is 0 Å². The third kappa shape index (κ3) is 17.6. The Labute approximate surface area is 328 Å². The maximum absolute atomic E-state index is 12.1. The van der Waals surface area contributed by atoms with Crippen molar-refractivity contribution in [2.24, 2.45) is 0 Å². The second-order valence-corrected chi connectivity index (χ2v) is 15.9. The van der Waals surface area contributed by atoms with Crippen molar-refractivity contribution < 1.29 is 19.1 Å². The van der Waals surface area contributed by atoms with Gasteiger partial charge < -0.3 is 5.53 Å². The van der Waals surface area contributed by atoms with E-state index in [1.165, 1.54) is 143 Å². The van der Waals surface area contributed by atoms with E-state index in [9.17, 15) is 5.53 Å². The van der Waals surface area contributed by atoms with Crippen LogP contribution < -0.4 is 0 Å². The molecule has 0 fully saturated rings. The molecule has 0 N–H and O–H groups in total. The topological polar surface area (TPSA) is 25.3 Å². The molecule has 0 aliphatic carbocycles. The predicted octanol–water partition coefficient (Wildman–Crippen LogP) is 16.2. The summed E-state index contributed by atoms with van der Waals surface area (Å²) in [5, 5.41) is 0. The van der Waals surface area contributed by atoms with E-state index < -0.39 is 0 Å². The Kier molecular flexibility index (Phi) is 26.3. The molecular weight excluding hydrogens is 675 g/mol. The molecule has 0 saturated carbocycles. The Balaban J connectivity index is 0.00000301. The zero-order valence-electron chi connectivity index (χ0n) is 34.5. The van der Waals surface area contributed by atoms with Gasteiger partial charge in [-0.25, -0.2) is 4.70 Å². The summed E-state index contributed by atoms with van der Waals surface area (Å²) in [6.45, 7) is 9.09. The minimum absolute atomic E-state index is 0.872. The van der Waals surface area contributed by atoms with Gasteiger partial charge in [0, 0.05) is 23.1 Å². The van der Waals surface area contributed by atoms with Crippen molar-refractivity contribution in [2.75, 3.05) is 0 Å². The molecule has 1 aliphatic rings. The third-order valence-electron chi connectivity index (χ3n) is 10.2. The zero-order valence-corrected chi connectivity index (χ0v) is 35.5. The van der Waals surface area contributed by atoms with Gasteiger partial charge in [0.15, 0.2) is 0 Å². The summed E-state index contributed by atoms with van der Waals surface area (Å²) in [6.07, 6.45) is 31.0. The molecule has 52 heavy (non-hydrogen) atoms. The SMILES string of the molecule is CCCCCCCCCCCCC#CC1=C(c2cccc(CCCC)c2)[N+](=[N-])C(c2cccc(CCCCCCCC)c2)=C1CCCCC.[CH3][Ni][CH3]. The molecule has 0 saturated heterocycles. The quantitative estimate of drug-likeness (QED) is 0.0396. The van der Waals surface area contributed by atoms with Crippen LogP contribution in [0.2, 0.25) is 11.8 Å². The molecule has 0 aromatic heterocycles. The monoisotopic (exact) mass is 751 g/mol. The molecule has 0 bridgehead atoms. The average molecular weight is 752 g/mol. The fourth-order valence-corrected chi connectivity index (χ4v) is 7.19. The molecule has 3 rings (SSSR count). The standard InChI is InChI=1S/C47H70N2.2CH3.Ni/c1-5-9-13-15-17-18-19-20-21-22-24-27-37-45-44(36-25-11-7-3)46(43-35-29-33-41(39-43)31-26-23-16-14-10-6-2)49(48)47(45)42-34-28-32-40(38-42)30-12-8-4;;;/h28-29,32-35,38-39H,5-26,30-31,36H2,1-4H3;2*1H3;. The predicted molar refractivity (Wildman–Crippen MR) is 226 cm³/mol. The van der Waals surface area contributed by atoms with Gasteiger partial charge in [0.1, 0.15) is 5.57 Å². The molecule has 3 heteroatoms. The van der Waals surface area contributed by atoms with Crippen LogP contribution >= 0.6 is 0 Å². The molecule has 0 radical (unpaired) electrons. The number of nitrogens with zero attached hydrogens (tertiary/aromatic N) is 2. The van der Waals surface area contributed by atoms with Crippen molar-refractivity contribution in [3.8, 4) is 11.8 Å². The first kappa shape index (κ1) is 45.7. The van der Waals surface area contributed by atoms with E-state index in [-0.39, 0.29) is 0 Å². The molecule has 2 aromatic carbocycles. The average Bonchev–Trinajstić information content (AvgIpc) is 3.43. The Bertz CT molecular complexity index is 1390.